The molecule has 1 unspecified atom stereocenters. The molecule has 1 amide bonds. The first-order chi connectivity index (χ1) is 29.9. The number of likely N-dealkylation sites (N-methyl/N-ethyl adjacent to an activating group) is 1. The second kappa shape index (κ2) is 16.4. The summed E-state index contributed by atoms with van der Waals surface area (Å²) in [7, 11) is 3.65. The van der Waals surface area contributed by atoms with Crippen LogP contribution in [0, 0.1) is 28.6 Å². The van der Waals surface area contributed by atoms with E-state index in [0.717, 1.165) is 16.3 Å². The summed E-state index contributed by atoms with van der Waals surface area (Å²) in [5.74, 6) is -4.38. The lowest BCUT2D eigenvalue weighted by Gasteiger charge is -2.62. The highest BCUT2D eigenvalue weighted by Crippen LogP contribution is 2.70. The van der Waals surface area contributed by atoms with Crippen molar-refractivity contribution in [2.24, 2.45) is 28.6 Å². The van der Waals surface area contributed by atoms with Crippen LogP contribution >= 0.6 is 0 Å². The molecule has 0 bridgehead atoms. The Balaban J connectivity index is 0.857. The number of ether oxygens (including phenoxy) is 2. The molecule has 4 aromatic carbocycles. The molecule has 63 heavy (non-hydrogen) atoms. The van der Waals surface area contributed by atoms with E-state index in [1.54, 1.807) is 39.0 Å². The SMILES string of the molecule is C[C@@H]1C[C@H]2[C@@H]3CCC4=CC(=O)C=C[C@]4(C)[C@@]3(F)[C@@H](O)C[C@]2(C)[C@@]1(O)C(=O)COC(=O)c1ccc(C(=O)OCc2ccc(C(C(=O)Nc3ccc4ccccc4c3)N(C)C)cc2)cc1. The van der Waals surface area contributed by atoms with E-state index >= 15 is 4.39 Å². The largest absolute Gasteiger partial charge is 0.457 e. The molecule has 0 aliphatic heterocycles. The number of esters is 2. The van der Waals surface area contributed by atoms with Gasteiger partial charge in [-0.25, -0.2) is 14.0 Å². The molecule has 0 saturated heterocycles. The van der Waals surface area contributed by atoms with Gasteiger partial charge in [0.1, 0.15) is 18.2 Å². The zero-order valence-corrected chi connectivity index (χ0v) is 36.1. The van der Waals surface area contributed by atoms with Gasteiger partial charge in [-0.2, -0.15) is 0 Å². The number of amides is 1. The zero-order chi connectivity index (χ0) is 45.1. The predicted molar refractivity (Wildman–Crippen MR) is 234 cm³/mol. The van der Waals surface area contributed by atoms with Gasteiger partial charge >= 0.3 is 11.9 Å². The second-order valence-electron chi connectivity index (χ2n) is 18.5. The number of hydrogen-bond acceptors (Lipinski definition) is 10. The molecule has 4 aliphatic carbocycles. The average Bonchev–Trinajstić information content (AvgIpc) is 3.46. The van der Waals surface area contributed by atoms with Gasteiger partial charge in [0.25, 0.3) is 0 Å². The molecule has 0 aromatic heterocycles. The molecule has 3 saturated carbocycles. The van der Waals surface area contributed by atoms with Crippen molar-refractivity contribution in [1.29, 1.82) is 0 Å². The van der Waals surface area contributed by atoms with Crippen molar-refractivity contribution in [1.82, 2.24) is 4.90 Å². The summed E-state index contributed by atoms with van der Waals surface area (Å²) in [6, 6.07) is 25.9. The van der Waals surface area contributed by atoms with E-state index < -0.39 is 76.3 Å². The van der Waals surface area contributed by atoms with Crippen molar-refractivity contribution in [3.05, 3.63) is 137 Å². The van der Waals surface area contributed by atoms with Crippen molar-refractivity contribution >= 4 is 45.9 Å². The standard InChI is InChI=1S/C51H53FN2O9/c1-30-24-41-40-21-19-37-26-39(55)22-23-48(37,2)50(40,52)42(56)27-49(41,3)51(30,61)43(57)29-63-47(60)35-16-14-34(15-17-35)46(59)62-28-31-10-12-33(13-11-31)44(54(4)5)45(58)53-38-20-18-32-8-6-7-9-36(32)25-38/h6-18,20,22-23,25-26,30,40-42,44,56,61H,19,21,24,27-29H2,1-5H3,(H,53,58)/t30-,40+,41+,42+,44?,48+,49+,50+,51+/m1/s1. The Hall–Kier alpha value is -5.82. The number of alkyl halides is 1. The topological polar surface area (TPSA) is 160 Å². The van der Waals surface area contributed by atoms with Gasteiger partial charge < -0.3 is 25.0 Å². The third-order valence-electron chi connectivity index (χ3n) is 14.8. The number of Topliss-reactive ketones (excluding diaryl/α,β-unsaturated/α-hetero) is 1. The minimum atomic E-state index is -2.11. The number of carbonyl (C=O) groups is 5. The van der Waals surface area contributed by atoms with Crippen molar-refractivity contribution < 1.29 is 48.0 Å². The van der Waals surface area contributed by atoms with E-state index in [1.165, 1.54) is 36.4 Å². The quantitative estimate of drug-likeness (QED) is 0.129. The number of aliphatic hydroxyl groups excluding tert-OH is 1. The van der Waals surface area contributed by atoms with Crippen molar-refractivity contribution in [2.75, 3.05) is 26.0 Å². The molecule has 11 nitrogen and oxygen atoms in total. The number of rotatable bonds is 11. The maximum Gasteiger partial charge on any atom is 0.338 e. The van der Waals surface area contributed by atoms with Gasteiger partial charge in [0, 0.05) is 22.4 Å². The molecular formula is C51H53FN2O9. The Labute approximate surface area is 366 Å². The first-order valence-electron chi connectivity index (χ1n) is 21.5. The number of hydrogen-bond donors (Lipinski definition) is 3. The fourth-order valence-corrected chi connectivity index (χ4v) is 11.4. The highest BCUT2D eigenvalue weighted by molar-refractivity contribution is 6.01. The summed E-state index contributed by atoms with van der Waals surface area (Å²) < 4.78 is 28.5. The monoisotopic (exact) mass is 856 g/mol. The normalized spacial score (nSPS) is 30.1. The Morgan fingerprint density at radius 2 is 1.54 bits per heavy atom. The summed E-state index contributed by atoms with van der Waals surface area (Å²) in [6.07, 6.45) is 3.79. The fourth-order valence-electron chi connectivity index (χ4n) is 11.4. The third kappa shape index (κ3) is 7.31. The van der Waals surface area contributed by atoms with Crippen LogP contribution in [0.4, 0.5) is 10.1 Å². The number of aliphatic hydroxyl groups is 2. The van der Waals surface area contributed by atoms with Crippen LogP contribution in [0.15, 0.2) is 115 Å². The minimum absolute atomic E-state index is 0.0401. The number of ketones is 2. The third-order valence-corrected chi connectivity index (χ3v) is 14.8. The number of carbonyl (C=O) groups excluding carboxylic acids is 5. The zero-order valence-electron chi connectivity index (χ0n) is 36.1. The first kappa shape index (κ1) is 43.8. The molecule has 0 heterocycles. The number of anilines is 1. The molecule has 0 radical (unpaired) electrons. The number of fused-ring (bicyclic) bond motifs is 6. The Morgan fingerprint density at radius 1 is 0.889 bits per heavy atom. The van der Waals surface area contributed by atoms with E-state index in [1.807, 2.05) is 73.6 Å². The molecule has 8 rings (SSSR count). The number of nitrogens with one attached hydrogen (secondary N) is 1. The number of allylic oxidation sites excluding steroid dienone is 4. The van der Waals surface area contributed by atoms with Crippen LogP contribution in [-0.4, -0.2) is 82.6 Å². The van der Waals surface area contributed by atoms with Crippen LogP contribution in [-0.2, 0) is 30.5 Å². The second-order valence-corrected chi connectivity index (χ2v) is 18.5. The predicted octanol–water partition coefficient (Wildman–Crippen LogP) is 7.51. The van der Waals surface area contributed by atoms with Crippen LogP contribution in [0.2, 0.25) is 0 Å². The lowest BCUT2D eigenvalue weighted by molar-refractivity contribution is -0.219. The van der Waals surface area contributed by atoms with Gasteiger partial charge in [0.15, 0.2) is 18.1 Å². The maximum atomic E-state index is 17.5. The molecule has 0 spiro atoms. The number of nitrogens with zero attached hydrogens (tertiary/aromatic N) is 1. The van der Waals surface area contributed by atoms with Gasteiger partial charge in [0.2, 0.25) is 11.7 Å². The molecule has 12 heteroatoms. The summed E-state index contributed by atoms with van der Waals surface area (Å²) >= 11 is 0. The Kier molecular flexibility index (Phi) is 11.4. The Morgan fingerprint density at radius 3 is 2.21 bits per heavy atom. The van der Waals surface area contributed by atoms with Gasteiger partial charge in [-0.1, -0.05) is 80.1 Å². The molecule has 3 fully saturated rings. The fraction of sp³-hybridized carbons (Fsp3) is 0.392. The molecule has 4 aromatic rings. The van der Waals surface area contributed by atoms with E-state index in [-0.39, 0.29) is 35.8 Å². The van der Waals surface area contributed by atoms with Crippen LogP contribution in [0.1, 0.15) is 84.3 Å². The summed E-state index contributed by atoms with van der Waals surface area (Å²) in [4.78, 5) is 67.5. The molecular weight excluding hydrogens is 804 g/mol. The van der Waals surface area contributed by atoms with E-state index in [0.29, 0.717) is 36.1 Å². The van der Waals surface area contributed by atoms with E-state index in [9.17, 15) is 34.2 Å². The highest BCUT2D eigenvalue weighted by Gasteiger charge is 2.75. The maximum absolute atomic E-state index is 17.5. The molecule has 3 N–H and O–H groups in total. The highest BCUT2D eigenvalue weighted by atomic mass is 19.1. The van der Waals surface area contributed by atoms with Crippen LogP contribution in [0.25, 0.3) is 10.8 Å². The molecule has 9 atom stereocenters. The van der Waals surface area contributed by atoms with Gasteiger partial charge in [-0.05, 0) is 129 Å². The first-order valence-corrected chi connectivity index (χ1v) is 21.5. The van der Waals surface area contributed by atoms with E-state index in [2.05, 4.69) is 5.32 Å². The van der Waals surface area contributed by atoms with Crippen molar-refractivity contribution in [3.63, 3.8) is 0 Å². The smallest absolute Gasteiger partial charge is 0.338 e. The average molecular weight is 857 g/mol. The molecule has 4 aliphatic rings. The number of halogens is 1. The van der Waals surface area contributed by atoms with Crippen LogP contribution in [0.3, 0.4) is 0 Å². The lowest BCUT2D eigenvalue weighted by Crippen LogP contribution is -2.69. The van der Waals surface area contributed by atoms with Crippen LogP contribution < -0.4 is 5.32 Å². The van der Waals surface area contributed by atoms with Gasteiger partial charge in [-0.15, -0.1) is 0 Å². The summed E-state index contributed by atoms with van der Waals surface area (Å²) in [6.45, 7) is 4.38. The number of benzene rings is 4. The van der Waals surface area contributed by atoms with Crippen molar-refractivity contribution in [3.8, 4) is 0 Å². The van der Waals surface area contributed by atoms with Gasteiger partial charge in [-0.3, -0.25) is 19.3 Å². The van der Waals surface area contributed by atoms with E-state index in [4.69, 9.17) is 9.47 Å². The molecule has 328 valence electrons. The lowest BCUT2D eigenvalue weighted by atomic mass is 9.44. The Bertz CT molecular complexity index is 2550. The summed E-state index contributed by atoms with van der Waals surface area (Å²) in [5.41, 5.74) is -3.49. The van der Waals surface area contributed by atoms with Crippen LogP contribution in [0.5, 0.6) is 0 Å². The van der Waals surface area contributed by atoms with Gasteiger partial charge in [0.05, 0.1) is 17.2 Å². The van der Waals surface area contributed by atoms with Crippen molar-refractivity contribution in [2.45, 2.75) is 76.5 Å². The summed E-state index contributed by atoms with van der Waals surface area (Å²) in [5, 5.41) is 29.0. The minimum Gasteiger partial charge on any atom is -0.457 e.